The van der Waals surface area contributed by atoms with Crippen LogP contribution in [0.15, 0.2) is 29.8 Å². The number of aromatic nitrogens is 1. The summed E-state index contributed by atoms with van der Waals surface area (Å²) in [6.07, 6.45) is 1.48. The van der Waals surface area contributed by atoms with Gasteiger partial charge in [-0.05, 0) is 62.0 Å². The van der Waals surface area contributed by atoms with E-state index in [0.717, 1.165) is 11.4 Å². The summed E-state index contributed by atoms with van der Waals surface area (Å²) < 4.78 is 1.85. The van der Waals surface area contributed by atoms with E-state index in [1.54, 1.807) is 12.1 Å². The van der Waals surface area contributed by atoms with E-state index < -0.39 is 17.8 Å². The average molecular weight is 404 g/mol. The van der Waals surface area contributed by atoms with E-state index in [-0.39, 0.29) is 21.3 Å². The van der Waals surface area contributed by atoms with Gasteiger partial charge in [0.25, 0.3) is 11.8 Å². The molecular weight excluding hydrogens is 390 g/mol. The molecule has 0 saturated carbocycles. The molecule has 0 unspecified atom stereocenters. The minimum atomic E-state index is -1.11. The molecule has 2 amide bonds. The summed E-state index contributed by atoms with van der Waals surface area (Å²) in [5, 5.41) is 14.0. The molecule has 1 aliphatic heterocycles. The first-order valence-corrected chi connectivity index (χ1v) is 8.58. The molecule has 9 heteroatoms. The maximum Gasteiger partial charge on any atom is 0.337 e. The Morgan fingerprint density at radius 1 is 1.19 bits per heavy atom. The Morgan fingerprint density at radius 3 is 2.37 bits per heavy atom. The number of carboxylic acids is 1. The number of carboxylic acid groups (broad SMARTS) is 1. The summed E-state index contributed by atoms with van der Waals surface area (Å²) in [5.41, 5.74) is 2.88. The third kappa shape index (κ3) is 3.49. The van der Waals surface area contributed by atoms with Crippen LogP contribution in [0.2, 0.25) is 5.02 Å². The number of thiocarbonyl (C=S) groups is 1. The Kier molecular flexibility index (Phi) is 4.86. The molecule has 0 aliphatic carbocycles. The van der Waals surface area contributed by atoms with Gasteiger partial charge in [0, 0.05) is 17.1 Å². The topological polar surface area (TPSA) is 100 Å². The van der Waals surface area contributed by atoms with Gasteiger partial charge in [-0.15, -0.1) is 0 Å². The molecule has 7 nitrogen and oxygen atoms in total. The number of amides is 2. The highest BCUT2D eigenvalue weighted by atomic mass is 35.5. The van der Waals surface area contributed by atoms with Gasteiger partial charge in [-0.1, -0.05) is 11.6 Å². The summed E-state index contributed by atoms with van der Waals surface area (Å²) in [6, 6.07) is 6.44. The van der Waals surface area contributed by atoms with Crippen molar-refractivity contribution < 1.29 is 19.5 Å². The number of aromatic carboxylic acids is 1. The molecule has 0 radical (unpaired) electrons. The molecule has 1 aromatic carbocycles. The lowest BCUT2D eigenvalue weighted by Gasteiger charge is -2.16. The zero-order valence-corrected chi connectivity index (χ0v) is 15.9. The second kappa shape index (κ2) is 6.98. The van der Waals surface area contributed by atoms with Gasteiger partial charge in [0.15, 0.2) is 5.11 Å². The van der Waals surface area contributed by atoms with Crippen molar-refractivity contribution in [2.75, 3.05) is 0 Å². The molecule has 0 atom stereocenters. The third-order valence-corrected chi connectivity index (χ3v) is 4.67. The van der Waals surface area contributed by atoms with E-state index >= 15 is 0 Å². The van der Waals surface area contributed by atoms with Crippen molar-refractivity contribution in [2.24, 2.45) is 0 Å². The van der Waals surface area contributed by atoms with Gasteiger partial charge in [-0.3, -0.25) is 20.2 Å². The van der Waals surface area contributed by atoms with E-state index in [1.165, 1.54) is 12.1 Å². The molecule has 3 N–H and O–H groups in total. The highest BCUT2D eigenvalue weighted by molar-refractivity contribution is 7.80. The number of rotatable bonds is 3. The highest BCUT2D eigenvalue weighted by Crippen LogP contribution is 2.26. The van der Waals surface area contributed by atoms with Crippen LogP contribution in [0.3, 0.4) is 0 Å². The van der Waals surface area contributed by atoms with Crippen molar-refractivity contribution in [1.82, 2.24) is 15.2 Å². The Morgan fingerprint density at radius 2 is 1.81 bits per heavy atom. The molecule has 2 aromatic rings. The van der Waals surface area contributed by atoms with E-state index in [2.05, 4.69) is 10.6 Å². The number of hydrogen-bond donors (Lipinski definition) is 3. The van der Waals surface area contributed by atoms with E-state index in [1.807, 2.05) is 24.5 Å². The maximum atomic E-state index is 12.0. The first-order valence-electron chi connectivity index (χ1n) is 7.79. The predicted octanol–water partition coefficient (Wildman–Crippen LogP) is 2.36. The number of carbonyl (C=O) groups excluding carboxylic acids is 2. The fourth-order valence-corrected chi connectivity index (χ4v) is 3.35. The monoisotopic (exact) mass is 403 g/mol. The van der Waals surface area contributed by atoms with Crippen LogP contribution in [-0.2, 0) is 9.59 Å². The van der Waals surface area contributed by atoms with E-state index in [0.29, 0.717) is 11.3 Å². The lowest BCUT2D eigenvalue weighted by molar-refractivity contribution is -0.123. The smallest absolute Gasteiger partial charge is 0.337 e. The largest absolute Gasteiger partial charge is 0.478 e. The van der Waals surface area contributed by atoms with Crippen LogP contribution in [0, 0.1) is 13.8 Å². The van der Waals surface area contributed by atoms with Crippen LogP contribution in [0.1, 0.15) is 27.3 Å². The van der Waals surface area contributed by atoms with Crippen LogP contribution in [-0.4, -0.2) is 32.6 Å². The van der Waals surface area contributed by atoms with Gasteiger partial charge in [-0.2, -0.15) is 0 Å². The lowest BCUT2D eigenvalue weighted by atomic mass is 10.1. The molecule has 1 aliphatic rings. The summed E-state index contributed by atoms with van der Waals surface area (Å²) in [7, 11) is 0. The second-order valence-corrected chi connectivity index (χ2v) is 6.74. The fourth-order valence-electron chi connectivity index (χ4n) is 2.91. The summed E-state index contributed by atoms with van der Waals surface area (Å²) in [4.78, 5) is 35.2. The molecule has 1 aromatic heterocycles. The van der Waals surface area contributed by atoms with E-state index in [9.17, 15) is 14.4 Å². The van der Waals surface area contributed by atoms with Crippen LogP contribution in [0.5, 0.6) is 0 Å². The molecule has 138 valence electrons. The quantitative estimate of drug-likeness (QED) is 0.415. The number of carbonyl (C=O) groups is 3. The van der Waals surface area contributed by atoms with Gasteiger partial charge < -0.3 is 9.67 Å². The van der Waals surface area contributed by atoms with Gasteiger partial charge in [0.05, 0.1) is 10.6 Å². The summed E-state index contributed by atoms with van der Waals surface area (Å²) in [6.45, 7) is 3.67. The molecule has 1 fully saturated rings. The molecule has 3 rings (SSSR count). The number of halogens is 1. The molecule has 2 heterocycles. The van der Waals surface area contributed by atoms with Crippen LogP contribution in [0.4, 0.5) is 0 Å². The predicted molar refractivity (Wildman–Crippen MR) is 104 cm³/mol. The average Bonchev–Trinajstić information content (AvgIpc) is 2.84. The van der Waals surface area contributed by atoms with Crippen LogP contribution >= 0.6 is 23.8 Å². The van der Waals surface area contributed by atoms with Crippen LogP contribution in [0.25, 0.3) is 11.8 Å². The first kappa shape index (κ1) is 18.8. The number of nitrogens with one attached hydrogen (secondary N) is 2. The van der Waals surface area contributed by atoms with Gasteiger partial charge in [-0.25, -0.2) is 4.79 Å². The SMILES string of the molecule is Cc1cc(C=C2C(=O)NC(=S)NC2=O)c(C)n1-c1ccc(C(=O)O)c(Cl)c1. The normalized spacial score (nSPS) is 14.0. The number of benzene rings is 1. The zero-order valence-electron chi connectivity index (χ0n) is 14.3. The van der Waals surface area contributed by atoms with Gasteiger partial charge >= 0.3 is 5.97 Å². The van der Waals surface area contributed by atoms with Gasteiger partial charge in [0.2, 0.25) is 0 Å². The van der Waals surface area contributed by atoms with Crippen molar-refractivity contribution in [3.8, 4) is 5.69 Å². The van der Waals surface area contributed by atoms with Crippen LogP contribution < -0.4 is 10.6 Å². The Labute approximate surface area is 164 Å². The molecular formula is C18H14ClN3O4S. The standard InChI is InChI=1S/C18H14ClN3O4S/c1-8-5-10(6-13-15(23)20-18(27)21-16(13)24)9(2)22(8)11-3-4-12(17(25)26)14(19)7-11/h3-7H,1-2H3,(H,25,26)(H2,20,21,23,24,27). The van der Waals surface area contributed by atoms with Crippen molar-refractivity contribution >= 4 is 52.8 Å². The van der Waals surface area contributed by atoms with Crippen molar-refractivity contribution in [1.29, 1.82) is 0 Å². The minimum absolute atomic E-state index is 0.0109. The maximum absolute atomic E-state index is 12.0. The second-order valence-electron chi connectivity index (χ2n) is 5.93. The molecule has 0 spiro atoms. The first-order chi connectivity index (χ1) is 12.7. The highest BCUT2D eigenvalue weighted by Gasteiger charge is 2.26. The lowest BCUT2D eigenvalue weighted by Crippen LogP contribution is -2.51. The number of nitrogens with zero attached hydrogens (tertiary/aromatic N) is 1. The Hall–Kier alpha value is -2.97. The third-order valence-electron chi connectivity index (χ3n) is 4.15. The number of aryl methyl sites for hydroxylation is 1. The van der Waals surface area contributed by atoms with Crippen molar-refractivity contribution in [2.45, 2.75) is 13.8 Å². The molecule has 27 heavy (non-hydrogen) atoms. The van der Waals surface area contributed by atoms with Crippen molar-refractivity contribution in [3.05, 3.63) is 57.4 Å². The summed E-state index contributed by atoms with van der Waals surface area (Å²) >= 11 is 10.9. The van der Waals surface area contributed by atoms with Gasteiger partial charge in [0.1, 0.15) is 5.57 Å². The van der Waals surface area contributed by atoms with E-state index in [4.69, 9.17) is 28.9 Å². The molecule has 0 bridgehead atoms. The minimum Gasteiger partial charge on any atom is -0.478 e. The van der Waals surface area contributed by atoms with Crippen molar-refractivity contribution in [3.63, 3.8) is 0 Å². The fraction of sp³-hybridized carbons (Fsp3) is 0.111. The Bertz CT molecular complexity index is 1030. The zero-order chi connectivity index (χ0) is 19.9. The molecule has 1 saturated heterocycles. The Balaban J connectivity index is 2.06. The number of hydrogen-bond acceptors (Lipinski definition) is 4. The summed E-state index contributed by atoms with van der Waals surface area (Å²) in [5.74, 6) is -2.24.